The van der Waals surface area contributed by atoms with Crippen molar-refractivity contribution in [3.63, 3.8) is 0 Å². The molecule has 0 saturated carbocycles. The molecule has 0 spiro atoms. The minimum atomic E-state index is 0.784. The highest BCUT2D eigenvalue weighted by Gasteiger charge is 2.21. The Morgan fingerprint density at radius 3 is 2.74 bits per heavy atom. The zero-order valence-electron chi connectivity index (χ0n) is 16.4. The number of aromatic nitrogens is 2. The molecule has 0 amide bonds. The fourth-order valence-electron chi connectivity index (χ4n) is 3.79. The summed E-state index contributed by atoms with van der Waals surface area (Å²) in [7, 11) is 1.73. The molecule has 4 rings (SSSR count). The van der Waals surface area contributed by atoms with Gasteiger partial charge < -0.3 is 10.1 Å². The van der Waals surface area contributed by atoms with Gasteiger partial charge in [-0.1, -0.05) is 24.3 Å². The molecule has 0 aliphatic carbocycles. The topological polar surface area (TPSA) is 39.1 Å². The predicted octanol–water partition coefficient (Wildman–Crippen LogP) is 4.84. The normalized spacial score (nSPS) is 13.6. The van der Waals surface area contributed by atoms with Crippen LogP contribution in [0, 0.1) is 13.8 Å². The van der Waals surface area contributed by atoms with E-state index in [9.17, 15) is 0 Å². The van der Waals surface area contributed by atoms with Gasteiger partial charge in [0.2, 0.25) is 0 Å². The summed E-state index contributed by atoms with van der Waals surface area (Å²) in [5.41, 5.74) is 7.38. The fraction of sp³-hybridized carbons (Fsp3) is 0.348. The van der Waals surface area contributed by atoms with Gasteiger partial charge in [0.1, 0.15) is 11.6 Å². The molecule has 2 heterocycles. The Bertz CT molecular complexity index is 958. The highest BCUT2D eigenvalue weighted by atomic mass is 16.5. The Hall–Kier alpha value is -2.75. The van der Waals surface area contributed by atoms with Crippen molar-refractivity contribution in [2.24, 2.45) is 0 Å². The molecule has 4 nitrogen and oxygen atoms in total. The maximum Gasteiger partial charge on any atom is 0.133 e. The third kappa shape index (κ3) is 3.44. The van der Waals surface area contributed by atoms with Gasteiger partial charge in [-0.3, -0.25) is 0 Å². The van der Waals surface area contributed by atoms with E-state index in [0.29, 0.717) is 0 Å². The van der Waals surface area contributed by atoms with Crippen LogP contribution in [0.15, 0.2) is 42.5 Å². The number of fused-ring (bicyclic) bond motifs is 1. The van der Waals surface area contributed by atoms with E-state index < -0.39 is 0 Å². The number of hydrogen-bond acceptors (Lipinski definition) is 3. The number of aryl methyl sites for hydroxylation is 2. The van der Waals surface area contributed by atoms with Crippen LogP contribution >= 0.6 is 0 Å². The molecule has 4 heteroatoms. The van der Waals surface area contributed by atoms with Crippen molar-refractivity contribution < 1.29 is 4.74 Å². The molecule has 0 radical (unpaired) electrons. The molecule has 0 unspecified atom stereocenters. The molecule has 1 N–H and O–H groups in total. The Kier molecular flexibility index (Phi) is 4.88. The van der Waals surface area contributed by atoms with Crippen LogP contribution in [0.4, 0.5) is 5.82 Å². The monoisotopic (exact) mass is 361 g/mol. The first-order valence-electron chi connectivity index (χ1n) is 9.71. The summed E-state index contributed by atoms with van der Waals surface area (Å²) in [6, 6.07) is 14.8. The van der Waals surface area contributed by atoms with Crippen LogP contribution in [0.5, 0.6) is 5.75 Å². The van der Waals surface area contributed by atoms with Gasteiger partial charge in [0.05, 0.1) is 18.5 Å². The third-order valence-electron chi connectivity index (χ3n) is 5.50. The van der Waals surface area contributed by atoms with E-state index in [2.05, 4.69) is 54.2 Å². The van der Waals surface area contributed by atoms with Crippen molar-refractivity contribution >= 4 is 5.82 Å². The number of methoxy groups -OCH3 is 1. The standard InChI is InChI=1S/C23H27N3O/c1-16-11-12-19(14-17(16)2)26-23-20(9-6-7-13-24-23)21(25-26)15-18-8-4-5-10-22(18)27-3/h4-5,8,10-12,14,24H,6-7,9,13,15H2,1-3H3. The summed E-state index contributed by atoms with van der Waals surface area (Å²) >= 11 is 0. The van der Waals surface area contributed by atoms with E-state index in [4.69, 9.17) is 9.84 Å². The SMILES string of the molecule is COc1ccccc1Cc1nn(-c2ccc(C)c(C)c2)c2c1CCCCN2. The van der Waals surface area contributed by atoms with Gasteiger partial charge >= 0.3 is 0 Å². The summed E-state index contributed by atoms with van der Waals surface area (Å²) in [4.78, 5) is 0. The van der Waals surface area contributed by atoms with Crippen molar-refractivity contribution in [1.82, 2.24) is 9.78 Å². The van der Waals surface area contributed by atoms with Crippen molar-refractivity contribution in [3.8, 4) is 11.4 Å². The van der Waals surface area contributed by atoms with Crippen LogP contribution in [0.1, 0.15) is 40.8 Å². The van der Waals surface area contributed by atoms with Gasteiger partial charge in [0.15, 0.2) is 0 Å². The molecule has 0 saturated heterocycles. The molecule has 0 bridgehead atoms. The molecule has 27 heavy (non-hydrogen) atoms. The summed E-state index contributed by atoms with van der Waals surface area (Å²) in [6.45, 7) is 5.30. The van der Waals surface area contributed by atoms with Gasteiger partial charge in [-0.05, 0) is 62.4 Å². The highest BCUT2D eigenvalue weighted by Crippen LogP contribution is 2.31. The van der Waals surface area contributed by atoms with Gasteiger partial charge in [-0.25, -0.2) is 4.68 Å². The van der Waals surface area contributed by atoms with Crippen molar-refractivity contribution in [2.45, 2.75) is 39.5 Å². The molecule has 0 atom stereocenters. The van der Waals surface area contributed by atoms with Gasteiger partial charge in [-0.15, -0.1) is 0 Å². The lowest BCUT2D eigenvalue weighted by Crippen LogP contribution is -2.07. The Balaban J connectivity index is 1.80. The third-order valence-corrected chi connectivity index (χ3v) is 5.50. The molecule has 3 aromatic rings. The number of hydrogen-bond donors (Lipinski definition) is 1. The molecule has 1 aliphatic rings. The van der Waals surface area contributed by atoms with Crippen molar-refractivity contribution in [1.29, 1.82) is 0 Å². The van der Waals surface area contributed by atoms with Crippen LogP contribution in [-0.4, -0.2) is 23.4 Å². The van der Waals surface area contributed by atoms with Crippen LogP contribution in [0.25, 0.3) is 5.69 Å². The number of ether oxygens (including phenoxy) is 1. The summed E-state index contributed by atoms with van der Waals surface area (Å²) in [5, 5.41) is 8.67. The van der Waals surface area contributed by atoms with Crippen LogP contribution < -0.4 is 10.1 Å². The lowest BCUT2D eigenvalue weighted by atomic mass is 10.0. The lowest BCUT2D eigenvalue weighted by molar-refractivity contribution is 0.410. The maximum absolute atomic E-state index is 5.56. The van der Waals surface area contributed by atoms with E-state index in [-0.39, 0.29) is 0 Å². The Morgan fingerprint density at radius 2 is 1.93 bits per heavy atom. The first kappa shape index (κ1) is 17.7. The second-order valence-electron chi connectivity index (χ2n) is 7.33. The number of nitrogens with zero attached hydrogens (tertiary/aromatic N) is 2. The average Bonchev–Trinajstić information content (AvgIpc) is 2.86. The largest absolute Gasteiger partial charge is 0.496 e. The second kappa shape index (κ2) is 7.47. The quantitative estimate of drug-likeness (QED) is 0.723. The van der Waals surface area contributed by atoms with Crippen molar-refractivity contribution in [2.75, 3.05) is 19.0 Å². The number of nitrogens with one attached hydrogen (secondary N) is 1. The van der Waals surface area contributed by atoms with Crippen molar-refractivity contribution in [3.05, 3.63) is 70.4 Å². The smallest absolute Gasteiger partial charge is 0.133 e. The second-order valence-corrected chi connectivity index (χ2v) is 7.33. The predicted molar refractivity (Wildman–Crippen MR) is 110 cm³/mol. The molecule has 1 aliphatic heterocycles. The molecule has 0 fully saturated rings. The van der Waals surface area contributed by atoms with E-state index in [1.807, 2.05) is 12.1 Å². The Morgan fingerprint density at radius 1 is 1.07 bits per heavy atom. The first-order valence-corrected chi connectivity index (χ1v) is 9.71. The average molecular weight is 361 g/mol. The maximum atomic E-state index is 5.56. The molecule has 2 aromatic carbocycles. The van der Waals surface area contributed by atoms with Gasteiger partial charge in [0, 0.05) is 24.1 Å². The van der Waals surface area contributed by atoms with Crippen LogP contribution in [0.2, 0.25) is 0 Å². The minimum Gasteiger partial charge on any atom is -0.496 e. The fourth-order valence-corrected chi connectivity index (χ4v) is 3.79. The number of anilines is 1. The molecular weight excluding hydrogens is 334 g/mol. The number of rotatable bonds is 4. The van der Waals surface area contributed by atoms with E-state index in [1.54, 1.807) is 7.11 Å². The summed E-state index contributed by atoms with van der Waals surface area (Å²) < 4.78 is 7.65. The highest BCUT2D eigenvalue weighted by molar-refractivity contribution is 5.56. The molecule has 140 valence electrons. The lowest BCUT2D eigenvalue weighted by Gasteiger charge is -2.11. The number of para-hydroxylation sites is 1. The minimum absolute atomic E-state index is 0.784. The van der Waals surface area contributed by atoms with Gasteiger partial charge in [0.25, 0.3) is 0 Å². The van der Waals surface area contributed by atoms with E-state index in [1.165, 1.54) is 35.1 Å². The van der Waals surface area contributed by atoms with Gasteiger partial charge in [-0.2, -0.15) is 5.10 Å². The van der Waals surface area contributed by atoms with Crippen LogP contribution in [-0.2, 0) is 12.8 Å². The number of benzene rings is 2. The summed E-state index contributed by atoms with van der Waals surface area (Å²) in [5.74, 6) is 2.08. The Labute approximate surface area is 161 Å². The zero-order valence-corrected chi connectivity index (χ0v) is 16.4. The van der Waals surface area contributed by atoms with E-state index in [0.717, 1.165) is 42.3 Å². The van der Waals surface area contributed by atoms with E-state index >= 15 is 0 Å². The zero-order chi connectivity index (χ0) is 18.8. The van der Waals surface area contributed by atoms with Crippen LogP contribution in [0.3, 0.4) is 0 Å². The molecule has 1 aromatic heterocycles. The summed E-state index contributed by atoms with van der Waals surface area (Å²) in [6.07, 6.45) is 4.23. The first-order chi connectivity index (χ1) is 13.2. The molecular formula is C23H27N3O.